The lowest BCUT2D eigenvalue weighted by molar-refractivity contribution is -0.121. The average molecular weight is 376 g/mol. The number of carbonyl (C=O) groups excluding carboxylic acids is 1. The van der Waals surface area contributed by atoms with E-state index in [2.05, 4.69) is 14.7 Å². The van der Waals surface area contributed by atoms with Gasteiger partial charge in [0.15, 0.2) is 11.0 Å². The summed E-state index contributed by atoms with van der Waals surface area (Å²) in [7, 11) is -3.65. The molecule has 1 atom stereocenters. The second-order valence-electron chi connectivity index (χ2n) is 6.00. The largest absolute Gasteiger partial charge is 0.355 e. The molecule has 3 heterocycles. The zero-order valence-electron chi connectivity index (χ0n) is 13.3. The van der Waals surface area contributed by atoms with Gasteiger partial charge >= 0.3 is 0 Å². The molecule has 0 bridgehead atoms. The minimum atomic E-state index is -3.65. The number of thiazole rings is 1. The van der Waals surface area contributed by atoms with Crippen molar-refractivity contribution in [1.82, 2.24) is 9.88 Å². The van der Waals surface area contributed by atoms with Gasteiger partial charge in [0.05, 0.1) is 5.92 Å². The first kappa shape index (κ1) is 16.2. The van der Waals surface area contributed by atoms with Gasteiger partial charge in [0, 0.05) is 30.2 Å². The van der Waals surface area contributed by atoms with E-state index in [1.165, 1.54) is 11.3 Å². The Labute approximate surface area is 149 Å². The second kappa shape index (κ2) is 6.23. The van der Waals surface area contributed by atoms with E-state index >= 15 is 0 Å². The van der Waals surface area contributed by atoms with E-state index in [0.29, 0.717) is 29.6 Å². The van der Waals surface area contributed by atoms with Gasteiger partial charge in [-0.05, 0) is 25.0 Å². The Bertz CT molecular complexity index is 938. The molecule has 1 aromatic heterocycles. The summed E-state index contributed by atoms with van der Waals surface area (Å²) in [5.41, 5.74) is 0.614. The Hall–Kier alpha value is -2.26. The van der Waals surface area contributed by atoms with Crippen LogP contribution in [0.2, 0.25) is 0 Å². The Kier molecular flexibility index (Phi) is 4.04. The molecule has 130 valence electrons. The number of amidine groups is 1. The van der Waals surface area contributed by atoms with Crippen LogP contribution in [0.15, 0.2) is 45.1 Å². The monoisotopic (exact) mass is 376 g/mol. The number of rotatable bonds is 2. The lowest BCUT2D eigenvalue weighted by atomic mass is 9.96. The number of nitrogens with one attached hydrogen (secondary N) is 1. The fourth-order valence-corrected chi connectivity index (χ4v) is 4.95. The van der Waals surface area contributed by atoms with Crippen molar-refractivity contribution in [2.75, 3.05) is 18.4 Å². The number of anilines is 1. The summed E-state index contributed by atoms with van der Waals surface area (Å²) < 4.78 is 28.4. The predicted molar refractivity (Wildman–Crippen MR) is 95.2 cm³/mol. The number of piperidine rings is 1. The smallest absolute Gasteiger partial charge is 0.285 e. The lowest BCUT2D eigenvalue weighted by Crippen LogP contribution is -2.43. The fourth-order valence-electron chi connectivity index (χ4n) is 3.19. The summed E-state index contributed by atoms with van der Waals surface area (Å²) in [4.78, 5) is 18.7. The molecule has 0 spiro atoms. The van der Waals surface area contributed by atoms with Crippen molar-refractivity contribution in [3.63, 3.8) is 0 Å². The highest BCUT2D eigenvalue weighted by Crippen LogP contribution is 2.30. The van der Waals surface area contributed by atoms with E-state index in [0.717, 1.165) is 12.8 Å². The van der Waals surface area contributed by atoms with E-state index in [1.54, 1.807) is 35.8 Å². The van der Waals surface area contributed by atoms with E-state index in [1.807, 2.05) is 4.90 Å². The molecule has 1 saturated heterocycles. The number of fused-ring (bicyclic) bond motifs is 1. The first-order valence-electron chi connectivity index (χ1n) is 7.94. The van der Waals surface area contributed by atoms with Gasteiger partial charge in [0.1, 0.15) is 4.90 Å². The van der Waals surface area contributed by atoms with Crippen LogP contribution >= 0.6 is 11.3 Å². The minimum Gasteiger partial charge on any atom is -0.355 e. The summed E-state index contributed by atoms with van der Waals surface area (Å²) >= 11 is 1.37. The predicted octanol–water partition coefficient (Wildman–Crippen LogP) is 1.94. The molecule has 1 fully saturated rings. The van der Waals surface area contributed by atoms with Crippen LogP contribution in [0, 0.1) is 5.92 Å². The summed E-state index contributed by atoms with van der Waals surface area (Å²) in [6.07, 6.45) is 3.20. The molecule has 25 heavy (non-hydrogen) atoms. The van der Waals surface area contributed by atoms with Crippen LogP contribution < -0.4 is 5.32 Å². The standard InChI is InChI=1S/C16H16N4O3S2/c21-15(18-16-17-7-9-24-16)11-4-3-8-20(10-11)14-12-5-1-2-6-13(12)25(22,23)19-14/h1-2,5-7,9,11H,3-4,8,10H2,(H,17,18,21)/t11-/m1/s1. The number of carbonyl (C=O) groups is 1. The number of amides is 1. The minimum absolute atomic E-state index is 0.0885. The molecule has 0 aliphatic carbocycles. The molecule has 9 heteroatoms. The molecule has 0 unspecified atom stereocenters. The molecule has 1 N–H and O–H groups in total. The summed E-state index contributed by atoms with van der Waals surface area (Å²) in [6, 6.07) is 6.82. The Morgan fingerprint density at radius 2 is 2.16 bits per heavy atom. The molecule has 0 radical (unpaired) electrons. The summed E-state index contributed by atoms with van der Waals surface area (Å²) in [6.45, 7) is 1.13. The molecular weight excluding hydrogens is 360 g/mol. The third-order valence-corrected chi connectivity index (χ3v) is 6.38. The molecule has 1 aromatic carbocycles. The highest BCUT2D eigenvalue weighted by atomic mass is 32.2. The van der Waals surface area contributed by atoms with Gasteiger partial charge in [0.25, 0.3) is 10.0 Å². The van der Waals surface area contributed by atoms with Gasteiger partial charge < -0.3 is 10.2 Å². The number of hydrogen-bond donors (Lipinski definition) is 1. The number of hydrogen-bond acceptors (Lipinski definition) is 6. The van der Waals surface area contributed by atoms with Crippen molar-refractivity contribution in [2.45, 2.75) is 17.7 Å². The highest BCUT2D eigenvalue weighted by Gasteiger charge is 2.35. The molecular formula is C16H16N4O3S2. The third kappa shape index (κ3) is 3.05. The van der Waals surface area contributed by atoms with Gasteiger partial charge in [-0.25, -0.2) is 4.98 Å². The van der Waals surface area contributed by atoms with E-state index in [9.17, 15) is 13.2 Å². The molecule has 7 nitrogen and oxygen atoms in total. The second-order valence-corrected chi connectivity index (χ2v) is 8.46. The number of benzene rings is 1. The van der Waals surface area contributed by atoms with Crippen LogP contribution in [0.25, 0.3) is 0 Å². The first-order valence-corrected chi connectivity index (χ1v) is 10.3. The first-order chi connectivity index (χ1) is 12.0. The zero-order valence-corrected chi connectivity index (χ0v) is 14.9. The van der Waals surface area contributed by atoms with Crippen LogP contribution in [0.5, 0.6) is 0 Å². The van der Waals surface area contributed by atoms with Crippen molar-refractivity contribution in [1.29, 1.82) is 0 Å². The maximum Gasteiger partial charge on any atom is 0.285 e. The molecule has 4 rings (SSSR count). The van der Waals surface area contributed by atoms with Crippen molar-refractivity contribution in [2.24, 2.45) is 10.3 Å². The molecule has 0 saturated carbocycles. The van der Waals surface area contributed by atoms with Crippen LogP contribution in [0.4, 0.5) is 5.13 Å². The quantitative estimate of drug-likeness (QED) is 0.865. The maximum absolute atomic E-state index is 12.5. The average Bonchev–Trinajstić information content (AvgIpc) is 3.21. The molecule has 2 aromatic rings. The van der Waals surface area contributed by atoms with Crippen molar-refractivity contribution >= 4 is 38.2 Å². The number of sulfonamides is 1. The summed E-state index contributed by atoms with van der Waals surface area (Å²) in [5, 5.41) is 5.20. The molecule has 2 aliphatic rings. The fraction of sp³-hybridized carbons (Fsp3) is 0.312. The number of aromatic nitrogens is 1. The van der Waals surface area contributed by atoms with Crippen molar-refractivity contribution in [3.8, 4) is 0 Å². The van der Waals surface area contributed by atoms with Gasteiger partial charge in [-0.1, -0.05) is 12.1 Å². The zero-order chi connectivity index (χ0) is 17.4. The van der Waals surface area contributed by atoms with Crippen LogP contribution in [-0.4, -0.2) is 43.1 Å². The third-order valence-electron chi connectivity index (χ3n) is 4.37. The summed E-state index contributed by atoms with van der Waals surface area (Å²) in [5.74, 6) is 0.132. The van der Waals surface area contributed by atoms with E-state index in [4.69, 9.17) is 0 Å². The topological polar surface area (TPSA) is 91.7 Å². The van der Waals surface area contributed by atoms with Crippen molar-refractivity contribution < 1.29 is 13.2 Å². The van der Waals surface area contributed by atoms with Crippen molar-refractivity contribution in [3.05, 3.63) is 41.4 Å². The van der Waals surface area contributed by atoms with Gasteiger partial charge in [-0.15, -0.1) is 15.7 Å². The Morgan fingerprint density at radius 1 is 1.32 bits per heavy atom. The number of likely N-dealkylation sites (tertiary alicyclic amines) is 1. The van der Waals surface area contributed by atoms with Gasteiger partial charge in [-0.2, -0.15) is 8.42 Å². The van der Waals surface area contributed by atoms with E-state index < -0.39 is 10.0 Å². The van der Waals surface area contributed by atoms with Gasteiger partial charge in [0.2, 0.25) is 5.91 Å². The van der Waals surface area contributed by atoms with Gasteiger partial charge in [-0.3, -0.25) is 4.79 Å². The normalized spacial score (nSPS) is 21.5. The van der Waals surface area contributed by atoms with Crippen LogP contribution in [0.1, 0.15) is 18.4 Å². The van der Waals surface area contributed by atoms with E-state index in [-0.39, 0.29) is 16.7 Å². The SMILES string of the molecule is O=C(Nc1nccs1)[C@@H]1CCCN(C2=NS(=O)(=O)c3ccccc32)C1. The lowest BCUT2D eigenvalue weighted by Gasteiger charge is -2.33. The Balaban J connectivity index is 1.55. The highest BCUT2D eigenvalue weighted by molar-refractivity contribution is 7.90. The van der Waals surface area contributed by atoms with Crippen LogP contribution in [-0.2, 0) is 14.8 Å². The number of nitrogens with zero attached hydrogens (tertiary/aromatic N) is 3. The maximum atomic E-state index is 12.5. The molecule has 2 aliphatic heterocycles. The van der Waals surface area contributed by atoms with Crippen LogP contribution in [0.3, 0.4) is 0 Å². The molecule has 1 amide bonds. The Morgan fingerprint density at radius 3 is 2.96 bits per heavy atom.